The lowest BCUT2D eigenvalue weighted by molar-refractivity contribution is 0.478. The van der Waals surface area contributed by atoms with Crippen molar-refractivity contribution in [1.82, 2.24) is 0 Å². The zero-order valence-electron chi connectivity index (χ0n) is 44.0. The second-order valence-electron chi connectivity index (χ2n) is 20.3. The van der Waals surface area contributed by atoms with Crippen LogP contribution in [0.4, 0.5) is 0 Å². The van der Waals surface area contributed by atoms with Crippen molar-refractivity contribution in [2.24, 2.45) is 5.92 Å². The minimum atomic E-state index is -0.100. The van der Waals surface area contributed by atoms with Gasteiger partial charge in [-0.2, -0.15) is 0 Å². The van der Waals surface area contributed by atoms with Gasteiger partial charge < -0.3 is 9.52 Å². The summed E-state index contributed by atoms with van der Waals surface area (Å²) in [4.78, 5) is 0. The molecule has 8 aromatic rings. The number of fused-ring (bicyclic) bond motifs is 4. The molecule has 0 atom stereocenters. The van der Waals surface area contributed by atoms with Crippen LogP contribution in [-0.2, 0) is 5.41 Å². The first-order chi connectivity index (χ1) is 34.1. The van der Waals surface area contributed by atoms with Crippen LogP contribution in [0.25, 0.3) is 66.5 Å². The zero-order valence-corrected chi connectivity index (χ0v) is 44.0. The first-order valence-corrected chi connectivity index (χ1v) is 25.2. The Balaban J connectivity index is 0.000000311. The number of aryl methyl sites for hydroxylation is 2. The molecular weight excluding hydrogens is 860 g/mol. The van der Waals surface area contributed by atoms with Crippen LogP contribution in [0.15, 0.2) is 211 Å². The van der Waals surface area contributed by atoms with E-state index in [4.69, 9.17) is 4.42 Å². The van der Waals surface area contributed by atoms with Crippen LogP contribution in [0.5, 0.6) is 5.75 Å². The van der Waals surface area contributed by atoms with Gasteiger partial charge in [-0.25, -0.2) is 0 Å². The minimum absolute atomic E-state index is 0.100. The number of hydrogen-bond donors (Lipinski definition) is 1. The van der Waals surface area contributed by atoms with Gasteiger partial charge in [-0.05, 0) is 144 Å². The molecular formula is C68H71BO2. The molecule has 1 N–H and O–H groups in total. The Morgan fingerprint density at radius 2 is 1.30 bits per heavy atom. The second-order valence-corrected chi connectivity index (χ2v) is 20.3. The van der Waals surface area contributed by atoms with Crippen LogP contribution in [0, 0.1) is 19.8 Å². The fourth-order valence-corrected chi connectivity index (χ4v) is 9.36. The molecule has 1 aliphatic heterocycles. The van der Waals surface area contributed by atoms with E-state index in [9.17, 15) is 5.11 Å². The maximum atomic E-state index is 11.8. The lowest BCUT2D eigenvalue weighted by Crippen LogP contribution is -2.42. The Morgan fingerprint density at radius 3 is 1.92 bits per heavy atom. The highest BCUT2D eigenvalue weighted by molar-refractivity contribution is 6.94. The topological polar surface area (TPSA) is 33.4 Å². The zero-order chi connectivity index (χ0) is 51.0. The third-order valence-electron chi connectivity index (χ3n) is 13.8. The van der Waals surface area contributed by atoms with Gasteiger partial charge in [0.1, 0.15) is 16.9 Å². The maximum absolute atomic E-state index is 11.8. The molecule has 9 rings (SSSR count). The molecule has 2 nitrogen and oxygen atoms in total. The first-order valence-electron chi connectivity index (χ1n) is 25.2. The van der Waals surface area contributed by atoms with E-state index in [-0.39, 0.29) is 17.9 Å². The molecule has 0 aliphatic carbocycles. The highest BCUT2D eigenvalue weighted by Crippen LogP contribution is 2.44. The Kier molecular flexibility index (Phi) is 16.4. The normalized spacial score (nSPS) is 12.8. The minimum Gasteiger partial charge on any atom is -0.507 e. The standard InChI is InChI=1S/C48H41BO2.C15H18.C5H12/c1-7-14-43-37(8-2)38-17-12-13-18-44(38)49(43)36-24-30(3)23-34(25-36)32-19-21-45-41(26-32)42-27-33(20-22-46(42)51-45)40-29-35(48(4,5)6)28-39(47(40)50)31-15-10-9-11-16-31;1-5-6-9-12(2)14(4)15-11-8-7-10-13(15)3;1-4-5(2)3/h7-29,50H,2H2,1,3-6H3;5-11H,1H2,2-4H3;5H,4H2,1-3H3/b14-7-;9-6-,14-12+;. The van der Waals surface area contributed by atoms with Crippen molar-refractivity contribution in [2.45, 2.75) is 88.0 Å². The van der Waals surface area contributed by atoms with Gasteiger partial charge in [0.2, 0.25) is 6.71 Å². The van der Waals surface area contributed by atoms with Crippen molar-refractivity contribution in [1.29, 1.82) is 0 Å². The van der Waals surface area contributed by atoms with E-state index < -0.39 is 0 Å². The second kappa shape index (κ2) is 22.6. The number of hydrogen-bond acceptors (Lipinski definition) is 2. The average Bonchev–Trinajstić information content (AvgIpc) is 3.90. The number of benzene rings is 7. The molecule has 0 saturated heterocycles. The van der Waals surface area contributed by atoms with E-state index in [1.165, 1.54) is 72.9 Å². The highest BCUT2D eigenvalue weighted by Gasteiger charge is 2.33. The van der Waals surface area contributed by atoms with E-state index in [0.717, 1.165) is 55.7 Å². The number of phenolic OH excluding ortho intramolecular Hbond substituents is 1. The highest BCUT2D eigenvalue weighted by atomic mass is 16.3. The summed E-state index contributed by atoms with van der Waals surface area (Å²) < 4.78 is 6.38. The summed E-state index contributed by atoms with van der Waals surface area (Å²) in [7, 11) is 0. The lowest BCUT2D eigenvalue weighted by atomic mass is 9.37. The van der Waals surface area contributed by atoms with Crippen molar-refractivity contribution < 1.29 is 9.52 Å². The van der Waals surface area contributed by atoms with E-state index in [1.807, 2.05) is 36.4 Å². The molecule has 0 fully saturated rings. The van der Waals surface area contributed by atoms with Crippen LogP contribution in [0.3, 0.4) is 0 Å². The van der Waals surface area contributed by atoms with Crippen molar-refractivity contribution in [3.63, 3.8) is 0 Å². The van der Waals surface area contributed by atoms with Crippen LogP contribution < -0.4 is 10.9 Å². The summed E-state index contributed by atoms with van der Waals surface area (Å²) in [5.74, 6) is 1.17. The molecule has 0 spiro atoms. The van der Waals surface area contributed by atoms with Crippen molar-refractivity contribution in [3.05, 3.63) is 234 Å². The van der Waals surface area contributed by atoms with E-state index in [2.05, 4.69) is 229 Å². The summed E-state index contributed by atoms with van der Waals surface area (Å²) in [6, 6.07) is 51.3. The Hall–Kier alpha value is -7.36. The van der Waals surface area contributed by atoms with Crippen LogP contribution in [-0.4, -0.2) is 11.8 Å². The lowest BCUT2D eigenvalue weighted by Gasteiger charge is -2.23. The van der Waals surface area contributed by atoms with Gasteiger partial charge in [-0.15, -0.1) is 0 Å². The Morgan fingerprint density at radius 1 is 0.690 bits per heavy atom. The third kappa shape index (κ3) is 11.5. The van der Waals surface area contributed by atoms with Gasteiger partial charge in [0, 0.05) is 21.9 Å². The fourth-order valence-electron chi connectivity index (χ4n) is 9.36. The van der Waals surface area contributed by atoms with E-state index in [0.29, 0.717) is 0 Å². The summed E-state index contributed by atoms with van der Waals surface area (Å²) in [5.41, 5.74) is 21.4. The fraction of sp³-hybridized carbons (Fsp3) is 0.206. The molecule has 3 heteroatoms. The van der Waals surface area contributed by atoms with Gasteiger partial charge in [-0.3, -0.25) is 0 Å². The molecule has 0 radical (unpaired) electrons. The van der Waals surface area contributed by atoms with Gasteiger partial charge in [0.15, 0.2) is 0 Å². The number of aromatic hydroxyl groups is 1. The van der Waals surface area contributed by atoms with E-state index in [1.54, 1.807) is 6.08 Å². The molecule has 0 amide bonds. The average molecular weight is 931 g/mol. The number of rotatable bonds is 10. The first kappa shape index (κ1) is 51.5. The summed E-state index contributed by atoms with van der Waals surface area (Å²) in [6.07, 6.45) is 13.5. The van der Waals surface area contributed by atoms with E-state index >= 15 is 0 Å². The van der Waals surface area contributed by atoms with Gasteiger partial charge in [0.25, 0.3) is 0 Å². The van der Waals surface area contributed by atoms with Crippen LogP contribution >= 0.6 is 0 Å². The quantitative estimate of drug-likeness (QED) is 0.109. The molecule has 0 unspecified atom stereocenters. The van der Waals surface area contributed by atoms with Gasteiger partial charge >= 0.3 is 0 Å². The molecule has 1 aromatic heterocycles. The largest absolute Gasteiger partial charge is 0.507 e. The molecule has 0 saturated carbocycles. The number of allylic oxidation sites excluding steroid dienone is 10. The van der Waals surface area contributed by atoms with Crippen molar-refractivity contribution in [2.75, 3.05) is 0 Å². The monoisotopic (exact) mass is 931 g/mol. The SMILES string of the molecule is C=C/C=C\C(C)=C(/C)c1ccccc1C.C=CC1=C(/C=C\C)B(c2cc(C)cc(-c3ccc4oc5ccc(-c6cc(C(C)(C)C)cc(-c7ccccc7)c6O)cc5c4c3)c2)c2ccccc21.CCC(C)C. The molecule has 7 aromatic carbocycles. The molecule has 2 heterocycles. The Bertz CT molecular complexity index is 3340. The smallest absolute Gasteiger partial charge is 0.242 e. The molecule has 1 aliphatic rings. The van der Waals surface area contributed by atoms with Gasteiger partial charge in [0.05, 0.1) is 0 Å². The number of phenols is 1. The third-order valence-corrected chi connectivity index (χ3v) is 13.8. The van der Waals surface area contributed by atoms with Crippen LogP contribution in [0.1, 0.15) is 96.6 Å². The summed E-state index contributed by atoms with van der Waals surface area (Å²) >= 11 is 0. The predicted octanol–water partition coefficient (Wildman–Crippen LogP) is 18.2. The molecule has 71 heavy (non-hydrogen) atoms. The van der Waals surface area contributed by atoms with Crippen LogP contribution in [0.2, 0.25) is 0 Å². The molecule has 0 bridgehead atoms. The predicted molar refractivity (Wildman–Crippen MR) is 312 cm³/mol. The molecule has 358 valence electrons. The number of furan rings is 1. The maximum Gasteiger partial charge on any atom is 0.242 e. The summed E-state index contributed by atoms with van der Waals surface area (Å²) in [5, 5.41) is 13.8. The Labute approximate surface area is 425 Å². The summed E-state index contributed by atoms with van der Waals surface area (Å²) in [6.45, 7) is 32.0. The van der Waals surface area contributed by atoms with Gasteiger partial charge in [-0.1, -0.05) is 229 Å². The van der Waals surface area contributed by atoms with Crippen molar-refractivity contribution >= 4 is 50.7 Å². The van der Waals surface area contributed by atoms with Crippen molar-refractivity contribution in [3.8, 4) is 39.1 Å².